The molecule has 2 aromatic rings. The van der Waals surface area contributed by atoms with Crippen LogP contribution in [0.4, 0.5) is 0 Å². The number of aryl methyl sites for hydroxylation is 1. The van der Waals surface area contributed by atoms with Gasteiger partial charge in [-0.15, -0.1) is 0 Å². The van der Waals surface area contributed by atoms with Crippen LogP contribution in [-0.4, -0.2) is 39.5 Å². The summed E-state index contributed by atoms with van der Waals surface area (Å²) in [5.41, 5.74) is 1.47. The first-order chi connectivity index (χ1) is 10.9. The van der Waals surface area contributed by atoms with E-state index in [2.05, 4.69) is 10.3 Å². The first kappa shape index (κ1) is 16.8. The van der Waals surface area contributed by atoms with Crippen LogP contribution >= 0.6 is 0 Å². The number of fused-ring (bicyclic) bond motifs is 1. The zero-order valence-electron chi connectivity index (χ0n) is 13.7. The Balaban J connectivity index is 2.49. The van der Waals surface area contributed by atoms with E-state index in [9.17, 15) is 14.7 Å². The molecule has 7 nitrogen and oxygen atoms in total. The van der Waals surface area contributed by atoms with Crippen LogP contribution in [0.5, 0.6) is 5.75 Å². The normalized spacial score (nSPS) is 12.4. The van der Waals surface area contributed by atoms with E-state index in [4.69, 9.17) is 4.74 Å². The van der Waals surface area contributed by atoms with Gasteiger partial charge in [-0.1, -0.05) is 20.8 Å². The fraction of sp³-hybridized carbons (Fsp3) is 0.438. The quantitative estimate of drug-likeness (QED) is 0.846. The SMILES string of the molecule is CCc1nc2c(OC)cccn2c1C(=O)NC(C(=O)O)C(C)C. The highest BCUT2D eigenvalue weighted by molar-refractivity contribution is 5.97. The number of hydrogen-bond donors (Lipinski definition) is 2. The second-order valence-electron chi connectivity index (χ2n) is 5.56. The number of ether oxygens (including phenoxy) is 1. The minimum atomic E-state index is -1.06. The largest absolute Gasteiger partial charge is 0.493 e. The van der Waals surface area contributed by atoms with E-state index in [-0.39, 0.29) is 5.92 Å². The van der Waals surface area contributed by atoms with Crippen molar-refractivity contribution in [1.29, 1.82) is 0 Å². The van der Waals surface area contributed by atoms with Crippen LogP contribution in [0.3, 0.4) is 0 Å². The average molecular weight is 319 g/mol. The van der Waals surface area contributed by atoms with Crippen LogP contribution < -0.4 is 10.1 Å². The summed E-state index contributed by atoms with van der Waals surface area (Å²) in [5.74, 6) is -1.18. The van der Waals surface area contributed by atoms with Crippen molar-refractivity contribution in [2.24, 2.45) is 5.92 Å². The van der Waals surface area contributed by atoms with Crippen molar-refractivity contribution in [3.63, 3.8) is 0 Å². The molecule has 0 bridgehead atoms. The summed E-state index contributed by atoms with van der Waals surface area (Å²) in [7, 11) is 1.54. The monoisotopic (exact) mass is 319 g/mol. The molecule has 7 heteroatoms. The minimum absolute atomic E-state index is 0.227. The number of nitrogens with zero attached hydrogens (tertiary/aromatic N) is 2. The summed E-state index contributed by atoms with van der Waals surface area (Å²) in [4.78, 5) is 28.4. The van der Waals surface area contributed by atoms with Gasteiger partial charge in [-0.05, 0) is 24.5 Å². The number of nitrogens with one attached hydrogen (secondary N) is 1. The predicted molar refractivity (Wildman–Crippen MR) is 84.9 cm³/mol. The van der Waals surface area contributed by atoms with E-state index in [0.717, 1.165) is 0 Å². The summed E-state index contributed by atoms with van der Waals surface area (Å²) < 4.78 is 6.90. The van der Waals surface area contributed by atoms with E-state index in [1.807, 2.05) is 6.92 Å². The molecule has 0 fully saturated rings. The van der Waals surface area contributed by atoms with E-state index in [1.54, 1.807) is 36.6 Å². The smallest absolute Gasteiger partial charge is 0.326 e. The molecular weight excluding hydrogens is 298 g/mol. The van der Waals surface area contributed by atoms with Crippen LogP contribution in [0.25, 0.3) is 5.65 Å². The molecule has 1 atom stereocenters. The molecule has 0 radical (unpaired) electrons. The fourth-order valence-corrected chi connectivity index (χ4v) is 2.46. The first-order valence-electron chi connectivity index (χ1n) is 7.48. The van der Waals surface area contributed by atoms with Crippen molar-refractivity contribution in [3.05, 3.63) is 29.7 Å². The molecule has 0 saturated carbocycles. The maximum atomic E-state index is 12.6. The Morgan fingerprint density at radius 1 is 1.43 bits per heavy atom. The van der Waals surface area contributed by atoms with Gasteiger partial charge < -0.3 is 15.2 Å². The number of aliphatic carboxylic acids is 1. The van der Waals surface area contributed by atoms with Crippen LogP contribution in [-0.2, 0) is 11.2 Å². The van der Waals surface area contributed by atoms with E-state index in [0.29, 0.717) is 29.2 Å². The van der Waals surface area contributed by atoms with Crippen LogP contribution in [0, 0.1) is 5.92 Å². The molecule has 0 spiro atoms. The molecule has 0 aliphatic heterocycles. The Morgan fingerprint density at radius 2 is 2.13 bits per heavy atom. The van der Waals surface area contributed by atoms with Crippen molar-refractivity contribution >= 4 is 17.5 Å². The Labute approximate surface area is 134 Å². The Bertz CT molecular complexity index is 736. The molecule has 0 saturated heterocycles. The molecule has 23 heavy (non-hydrogen) atoms. The predicted octanol–water partition coefficient (Wildman–Crippen LogP) is 1.74. The van der Waals surface area contributed by atoms with Gasteiger partial charge in [-0.25, -0.2) is 9.78 Å². The van der Waals surface area contributed by atoms with Gasteiger partial charge in [-0.2, -0.15) is 0 Å². The lowest BCUT2D eigenvalue weighted by molar-refractivity contribution is -0.140. The number of amides is 1. The number of aromatic nitrogens is 2. The summed E-state index contributed by atoms with van der Waals surface area (Å²) in [5, 5.41) is 11.8. The minimum Gasteiger partial charge on any atom is -0.493 e. The third-order valence-electron chi connectivity index (χ3n) is 3.68. The first-order valence-corrected chi connectivity index (χ1v) is 7.48. The number of imidazole rings is 1. The molecule has 124 valence electrons. The number of pyridine rings is 1. The number of carbonyl (C=O) groups is 2. The number of hydrogen-bond acceptors (Lipinski definition) is 4. The van der Waals surface area contributed by atoms with E-state index < -0.39 is 17.9 Å². The molecule has 2 N–H and O–H groups in total. The molecule has 1 amide bonds. The summed E-state index contributed by atoms with van der Waals surface area (Å²) >= 11 is 0. The third kappa shape index (κ3) is 3.13. The van der Waals surface area contributed by atoms with Gasteiger partial charge in [0.1, 0.15) is 11.7 Å². The van der Waals surface area contributed by atoms with Crippen molar-refractivity contribution in [1.82, 2.24) is 14.7 Å². The van der Waals surface area contributed by atoms with Gasteiger partial charge in [0.15, 0.2) is 11.4 Å². The number of carbonyl (C=O) groups excluding carboxylic acids is 1. The highest BCUT2D eigenvalue weighted by atomic mass is 16.5. The van der Waals surface area contributed by atoms with Gasteiger partial charge in [-0.3, -0.25) is 9.20 Å². The van der Waals surface area contributed by atoms with Gasteiger partial charge >= 0.3 is 5.97 Å². The fourth-order valence-electron chi connectivity index (χ4n) is 2.46. The second kappa shape index (κ2) is 6.68. The summed E-state index contributed by atoms with van der Waals surface area (Å²) in [6.07, 6.45) is 2.26. The average Bonchev–Trinajstić information content (AvgIpc) is 2.90. The van der Waals surface area contributed by atoms with E-state index >= 15 is 0 Å². The van der Waals surface area contributed by atoms with Crippen LogP contribution in [0.2, 0.25) is 0 Å². The third-order valence-corrected chi connectivity index (χ3v) is 3.68. The van der Waals surface area contributed by atoms with Crippen LogP contribution in [0.15, 0.2) is 18.3 Å². The molecule has 0 aromatic carbocycles. The molecular formula is C16H21N3O4. The van der Waals surface area contributed by atoms with Gasteiger partial charge in [0.05, 0.1) is 12.8 Å². The van der Waals surface area contributed by atoms with Crippen LogP contribution in [0.1, 0.15) is 37.0 Å². The van der Waals surface area contributed by atoms with Gasteiger partial charge in [0.2, 0.25) is 0 Å². The summed E-state index contributed by atoms with van der Waals surface area (Å²) in [6, 6.07) is 2.56. The lowest BCUT2D eigenvalue weighted by Crippen LogP contribution is -2.44. The standard InChI is InChI=1S/C16H21N3O4/c1-5-10-13(15(20)18-12(9(2)3)16(21)22)19-8-6-7-11(23-4)14(19)17-10/h6-9,12H,5H2,1-4H3,(H,18,20)(H,21,22). The lowest BCUT2D eigenvalue weighted by atomic mass is 10.0. The van der Waals surface area contributed by atoms with Crippen molar-refractivity contribution in [3.8, 4) is 5.75 Å². The highest BCUT2D eigenvalue weighted by Gasteiger charge is 2.27. The number of rotatable bonds is 6. The molecule has 0 aliphatic carbocycles. The molecule has 1 unspecified atom stereocenters. The maximum Gasteiger partial charge on any atom is 0.326 e. The number of carboxylic acids is 1. The zero-order valence-corrected chi connectivity index (χ0v) is 13.7. The topological polar surface area (TPSA) is 92.9 Å². The van der Waals surface area contributed by atoms with Gasteiger partial charge in [0, 0.05) is 6.20 Å². The maximum absolute atomic E-state index is 12.6. The molecule has 2 heterocycles. The number of methoxy groups -OCH3 is 1. The molecule has 2 aromatic heterocycles. The summed E-state index contributed by atoms with van der Waals surface area (Å²) in [6.45, 7) is 5.39. The molecule has 0 aliphatic rings. The Kier molecular flexibility index (Phi) is 4.88. The zero-order chi connectivity index (χ0) is 17.1. The Hall–Kier alpha value is -2.57. The lowest BCUT2D eigenvalue weighted by Gasteiger charge is -2.18. The van der Waals surface area contributed by atoms with E-state index in [1.165, 1.54) is 7.11 Å². The second-order valence-corrected chi connectivity index (χ2v) is 5.56. The van der Waals surface area contributed by atoms with Gasteiger partial charge in [0.25, 0.3) is 5.91 Å². The number of carboxylic acid groups (broad SMARTS) is 1. The molecule has 2 rings (SSSR count). The van der Waals surface area contributed by atoms with Crippen molar-refractivity contribution in [2.45, 2.75) is 33.2 Å². The highest BCUT2D eigenvalue weighted by Crippen LogP contribution is 2.22. The Morgan fingerprint density at radius 3 is 2.65 bits per heavy atom. The van der Waals surface area contributed by atoms with Crippen molar-refractivity contribution < 1.29 is 19.4 Å². The van der Waals surface area contributed by atoms with Crippen molar-refractivity contribution in [2.75, 3.05) is 7.11 Å².